The van der Waals surface area contributed by atoms with Crippen LogP contribution in [0, 0.1) is 11.8 Å². The lowest BCUT2D eigenvalue weighted by atomic mass is 9.99. The predicted octanol–water partition coefficient (Wildman–Crippen LogP) is 1.68. The van der Waals surface area contributed by atoms with Gasteiger partial charge in [-0.3, -0.25) is 0 Å². The van der Waals surface area contributed by atoms with E-state index >= 15 is 0 Å². The molecule has 8 heteroatoms. The molecule has 0 radical (unpaired) electrons. The SMILES string of the molecule is CC[C@H](C)[C@H](Nc1ccc(S(=O)(=O)NCC2CC2)cn1)C(=O)O. The lowest BCUT2D eigenvalue weighted by Gasteiger charge is -2.20. The standard InChI is InChI=1S/C15H23N3O4S/c1-3-10(2)14(15(19)20)18-13-7-6-12(9-16-13)23(21,22)17-8-11-4-5-11/h6-7,9-11,14,17H,3-5,8H2,1-2H3,(H,16,18)(H,19,20)/t10-,14-/m0/s1. The van der Waals surface area contributed by atoms with E-state index in [1.54, 1.807) is 0 Å². The number of hydrogen-bond donors (Lipinski definition) is 3. The number of pyridine rings is 1. The molecule has 1 aromatic rings. The molecule has 2 atom stereocenters. The van der Waals surface area contributed by atoms with Gasteiger partial charge in [0.25, 0.3) is 0 Å². The van der Waals surface area contributed by atoms with Crippen LogP contribution in [0.15, 0.2) is 23.2 Å². The molecular formula is C15H23N3O4S. The van der Waals surface area contributed by atoms with Crippen LogP contribution in [-0.2, 0) is 14.8 Å². The van der Waals surface area contributed by atoms with Crippen molar-refractivity contribution in [3.8, 4) is 0 Å². The second-order valence-corrected chi connectivity index (χ2v) is 7.79. The van der Waals surface area contributed by atoms with Crippen molar-refractivity contribution in [1.82, 2.24) is 9.71 Å². The molecule has 7 nitrogen and oxygen atoms in total. The van der Waals surface area contributed by atoms with E-state index in [4.69, 9.17) is 0 Å². The maximum atomic E-state index is 12.1. The number of rotatable bonds is 9. The first kappa shape index (κ1) is 17.7. The Kier molecular flexibility index (Phi) is 5.59. The molecule has 0 bridgehead atoms. The number of carbonyl (C=O) groups is 1. The number of nitrogens with zero attached hydrogens (tertiary/aromatic N) is 1. The fourth-order valence-electron chi connectivity index (χ4n) is 2.10. The second-order valence-electron chi connectivity index (χ2n) is 6.02. The van der Waals surface area contributed by atoms with Crippen molar-refractivity contribution in [1.29, 1.82) is 0 Å². The van der Waals surface area contributed by atoms with Gasteiger partial charge in [-0.1, -0.05) is 20.3 Å². The monoisotopic (exact) mass is 341 g/mol. The largest absolute Gasteiger partial charge is 0.480 e. The molecule has 1 aliphatic rings. The van der Waals surface area contributed by atoms with Crippen LogP contribution >= 0.6 is 0 Å². The summed E-state index contributed by atoms with van der Waals surface area (Å²) in [4.78, 5) is 15.4. The fraction of sp³-hybridized carbons (Fsp3) is 0.600. The lowest BCUT2D eigenvalue weighted by Crippen LogP contribution is -2.35. The van der Waals surface area contributed by atoms with E-state index in [2.05, 4.69) is 15.0 Å². The molecule has 2 rings (SSSR count). The van der Waals surface area contributed by atoms with Crippen molar-refractivity contribution in [2.75, 3.05) is 11.9 Å². The first-order chi connectivity index (χ1) is 10.8. The summed E-state index contributed by atoms with van der Waals surface area (Å²) in [5, 5.41) is 12.1. The van der Waals surface area contributed by atoms with Gasteiger partial charge in [0.15, 0.2) is 0 Å². The molecular weight excluding hydrogens is 318 g/mol. The minimum Gasteiger partial charge on any atom is -0.480 e. The summed E-state index contributed by atoms with van der Waals surface area (Å²) < 4.78 is 26.8. The summed E-state index contributed by atoms with van der Waals surface area (Å²) in [6.07, 6.45) is 4.08. The highest BCUT2D eigenvalue weighted by Gasteiger charge is 2.25. The minimum absolute atomic E-state index is 0.0714. The van der Waals surface area contributed by atoms with Crippen LogP contribution in [-0.4, -0.2) is 37.1 Å². The van der Waals surface area contributed by atoms with Crippen molar-refractivity contribution in [3.05, 3.63) is 18.3 Å². The van der Waals surface area contributed by atoms with Gasteiger partial charge in [0.2, 0.25) is 10.0 Å². The normalized spacial score (nSPS) is 17.5. The zero-order valence-corrected chi connectivity index (χ0v) is 14.1. The molecule has 3 N–H and O–H groups in total. The van der Waals surface area contributed by atoms with Crippen LogP contribution in [0.5, 0.6) is 0 Å². The highest BCUT2D eigenvalue weighted by Crippen LogP contribution is 2.28. The predicted molar refractivity (Wildman–Crippen MR) is 86.7 cm³/mol. The van der Waals surface area contributed by atoms with Crippen molar-refractivity contribution in [2.24, 2.45) is 11.8 Å². The van der Waals surface area contributed by atoms with E-state index in [0.29, 0.717) is 24.7 Å². The fourth-order valence-corrected chi connectivity index (χ4v) is 3.16. The Morgan fingerprint density at radius 3 is 2.61 bits per heavy atom. The number of anilines is 1. The summed E-state index contributed by atoms with van der Waals surface area (Å²) in [7, 11) is -3.55. The molecule has 23 heavy (non-hydrogen) atoms. The van der Waals surface area contributed by atoms with Gasteiger partial charge < -0.3 is 10.4 Å². The zero-order chi connectivity index (χ0) is 17.0. The third kappa shape index (κ3) is 4.90. The topological polar surface area (TPSA) is 108 Å². The van der Waals surface area contributed by atoms with Crippen LogP contribution in [0.1, 0.15) is 33.1 Å². The Morgan fingerprint density at radius 2 is 2.13 bits per heavy atom. The third-order valence-corrected chi connectivity index (χ3v) is 5.50. The highest BCUT2D eigenvalue weighted by atomic mass is 32.2. The van der Waals surface area contributed by atoms with Gasteiger partial charge in [0, 0.05) is 12.7 Å². The first-order valence-corrected chi connectivity index (χ1v) is 9.27. The quantitative estimate of drug-likeness (QED) is 0.630. The Labute approximate surface area is 136 Å². The van der Waals surface area contributed by atoms with Crippen LogP contribution in [0.3, 0.4) is 0 Å². The average molecular weight is 341 g/mol. The highest BCUT2D eigenvalue weighted by molar-refractivity contribution is 7.89. The number of carboxylic acid groups (broad SMARTS) is 1. The molecule has 0 saturated heterocycles. The van der Waals surface area contributed by atoms with Crippen LogP contribution in [0.4, 0.5) is 5.82 Å². The van der Waals surface area contributed by atoms with Gasteiger partial charge in [-0.25, -0.2) is 22.9 Å². The van der Waals surface area contributed by atoms with E-state index in [1.807, 2.05) is 13.8 Å². The summed E-state index contributed by atoms with van der Waals surface area (Å²) in [6, 6.07) is 2.16. The van der Waals surface area contributed by atoms with Gasteiger partial charge >= 0.3 is 5.97 Å². The van der Waals surface area contributed by atoms with Gasteiger partial charge in [0.1, 0.15) is 16.8 Å². The number of aliphatic carboxylic acids is 1. The van der Waals surface area contributed by atoms with E-state index in [-0.39, 0.29) is 10.8 Å². The van der Waals surface area contributed by atoms with Crippen molar-refractivity contribution in [2.45, 2.75) is 44.0 Å². The number of aromatic nitrogens is 1. The molecule has 1 aliphatic carbocycles. The summed E-state index contributed by atoms with van der Waals surface area (Å²) in [5.41, 5.74) is 0. The van der Waals surface area contributed by atoms with Crippen molar-refractivity contribution < 1.29 is 18.3 Å². The van der Waals surface area contributed by atoms with Gasteiger partial charge in [0.05, 0.1) is 0 Å². The van der Waals surface area contributed by atoms with Crippen LogP contribution < -0.4 is 10.0 Å². The van der Waals surface area contributed by atoms with Gasteiger partial charge in [-0.2, -0.15) is 0 Å². The van der Waals surface area contributed by atoms with Crippen LogP contribution in [0.2, 0.25) is 0 Å². The molecule has 1 heterocycles. The van der Waals surface area contributed by atoms with Gasteiger partial charge in [-0.05, 0) is 36.8 Å². The average Bonchev–Trinajstić information content (AvgIpc) is 3.34. The van der Waals surface area contributed by atoms with Crippen molar-refractivity contribution >= 4 is 21.8 Å². The second kappa shape index (κ2) is 7.27. The molecule has 1 aromatic heterocycles. The zero-order valence-electron chi connectivity index (χ0n) is 13.3. The molecule has 1 saturated carbocycles. The third-order valence-electron chi connectivity index (χ3n) is 4.09. The smallest absolute Gasteiger partial charge is 0.326 e. The summed E-state index contributed by atoms with van der Waals surface area (Å²) in [5.74, 6) is -0.230. The van der Waals surface area contributed by atoms with Crippen molar-refractivity contribution in [3.63, 3.8) is 0 Å². The van der Waals surface area contributed by atoms with Gasteiger partial charge in [-0.15, -0.1) is 0 Å². The van der Waals surface area contributed by atoms with E-state index in [9.17, 15) is 18.3 Å². The van der Waals surface area contributed by atoms with E-state index in [1.165, 1.54) is 18.3 Å². The number of sulfonamides is 1. The Bertz CT molecular complexity index is 641. The Hall–Kier alpha value is -1.67. The molecule has 1 fully saturated rings. The molecule has 0 unspecified atom stereocenters. The molecule has 0 spiro atoms. The number of carboxylic acids is 1. The summed E-state index contributed by atoms with van der Waals surface area (Å²) >= 11 is 0. The number of hydrogen-bond acceptors (Lipinski definition) is 5. The Morgan fingerprint density at radius 1 is 1.43 bits per heavy atom. The van der Waals surface area contributed by atoms with Crippen LogP contribution in [0.25, 0.3) is 0 Å². The number of nitrogens with one attached hydrogen (secondary N) is 2. The first-order valence-electron chi connectivity index (χ1n) is 7.78. The summed E-state index contributed by atoms with van der Waals surface area (Å²) in [6.45, 7) is 4.21. The maximum absolute atomic E-state index is 12.1. The minimum atomic E-state index is -3.55. The molecule has 0 amide bonds. The molecule has 0 aromatic carbocycles. The molecule has 0 aliphatic heterocycles. The van der Waals surface area contributed by atoms with E-state index in [0.717, 1.165) is 12.8 Å². The molecule has 128 valence electrons. The maximum Gasteiger partial charge on any atom is 0.326 e. The lowest BCUT2D eigenvalue weighted by molar-refractivity contribution is -0.139. The Balaban J connectivity index is 2.04. The van der Waals surface area contributed by atoms with E-state index < -0.39 is 22.0 Å².